The highest BCUT2D eigenvalue weighted by molar-refractivity contribution is 6.17. The van der Waals surface area contributed by atoms with E-state index < -0.39 is 0 Å². The minimum Gasteiger partial charge on any atom is -0.463 e. The van der Waals surface area contributed by atoms with Crippen LogP contribution in [0.3, 0.4) is 0 Å². The molecule has 0 atom stereocenters. The number of carbonyl (C=O) groups excluding carboxylic acids is 1. The van der Waals surface area contributed by atoms with Crippen LogP contribution in [0, 0.1) is 0 Å². The number of unbranched alkanes of at least 4 members (excludes halogenated alkanes) is 14. The van der Waals surface area contributed by atoms with Gasteiger partial charge in [-0.1, -0.05) is 96.8 Å². The summed E-state index contributed by atoms with van der Waals surface area (Å²) in [4.78, 5) is 11.5. The molecular formula is C22H43ClO3. The number of halogens is 1. The molecule has 4 heteroatoms. The number of ether oxygens (including phenoxy) is 2. The highest BCUT2D eigenvalue weighted by Crippen LogP contribution is 2.13. The molecule has 0 aliphatic carbocycles. The maximum Gasteiger partial charge on any atom is 0.305 e. The summed E-state index contributed by atoms with van der Waals surface area (Å²) in [5, 5.41) is 0. The molecule has 26 heavy (non-hydrogen) atoms. The van der Waals surface area contributed by atoms with E-state index in [0.717, 1.165) is 12.8 Å². The largest absolute Gasteiger partial charge is 0.463 e. The fourth-order valence-corrected chi connectivity index (χ4v) is 3.19. The van der Waals surface area contributed by atoms with Gasteiger partial charge in [-0.05, 0) is 6.42 Å². The molecular weight excluding hydrogens is 348 g/mol. The lowest BCUT2D eigenvalue weighted by Gasteiger charge is -2.05. The molecule has 0 rings (SSSR count). The molecule has 0 heterocycles. The number of hydrogen-bond acceptors (Lipinski definition) is 3. The van der Waals surface area contributed by atoms with Crippen molar-refractivity contribution in [1.82, 2.24) is 0 Å². The summed E-state index contributed by atoms with van der Waals surface area (Å²) in [5.74, 6) is 0.377. The molecule has 0 N–H and O–H groups in total. The average Bonchev–Trinajstić information content (AvgIpc) is 2.64. The van der Waals surface area contributed by atoms with Gasteiger partial charge in [0.15, 0.2) is 0 Å². The summed E-state index contributed by atoms with van der Waals surface area (Å²) >= 11 is 5.49. The van der Waals surface area contributed by atoms with Gasteiger partial charge in [0.1, 0.15) is 6.61 Å². The van der Waals surface area contributed by atoms with E-state index in [2.05, 4.69) is 6.92 Å². The molecule has 3 nitrogen and oxygen atoms in total. The topological polar surface area (TPSA) is 35.5 Å². The smallest absolute Gasteiger partial charge is 0.305 e. The van der Waals surface area contributed by atoms with Crippen LogP contribution in [0.4, 0.5) is 0 Å². The number of esters is 1. The van der Waals surface area contributed by atoms with E-state index in [4.69, 9.17) is 21.1 Å². The second kappa shape index (κ2) is 22.8. The molecule has 0 spiro atoms. The van der Waals surface area contributed by atoms with Crippen LogP contribution in [0.2, 0.25) is 0 Å². The van der Waals surface area contributed by atoms with E-state index in [1.807, 2.05) is 0 Å². The zero-order chi connectivity index (χ0) is 19.1. The third-order valence-corrected chi connectivity index (χ3v) is 4.85. The lowest BCUT2D eigenvalue weighted by Crippen LogP contribution is -2.11. The van der Waals surface area contributed by atoms with Crippen molar-refractivity contribution in [1.29, 1.82) is 0 Å². The third kappa shape index (κ3) is 21.8. The molecule has 0 saturated carbocycles. The molecule has 156 valence electrons. The summed E-state index contributed by atoms with van der Waals surface area (Å²) in [7, 11) is 0. The number of rotatable bonds is 21. The van der Waals surface area contributed by atoms with Gasteiger partial charge < -0.3 is 9.47 Å². The molecule has 0 aromatic rings. The molecule has 0 amide bonds. The Labute approximate surface area is 167 Å². The minimum atomic E-state index is -0.103. The quantitative estimate of drug-likeness (QED) is 0.120. The van der Waals surface area contributed by atoms with Crippen molar-refractivity contribution in [3.8, 4) is 0 Å². The Balaban J connectivity index is 3.09. The first-order chi connectivity index (χ1) is 12.8. The lowest BCUT2D eigenvalue weighted by molar-refractivity contribution is -0.145. The van der Waals surface area contributed by atoms with E-state index in [1.165, 1.54) is 83.5 Å². The molecule has 0 fully saturated rings. The van der Waals surface area contributed by atoms with Crippen molar-refractivity contribution < 1.29 is 14.3 Å². The number of alkyl halides is 1. The van der Waals surface area contributed by atoms with Crippen molar-refractivity contribution >= 4 is 17.6 Å². The van der Waals surface area contributed by atoms with E-state index >= 15 is 0 Å². The Morgan fingerprint density at radius 1 is 0.654 bits per heavy atom. The molecule has 0 radical (unpaired) electrons. The highest BCUT2D eigenvalue weighted by Gasteiger charge is 2.02. The van der Waals surface area contributed by atoms with Crippen LogP contribution in [-0.4, -0.2) is 31.7 Å². The second-order valence-corrected chi connectivity index (χ2v) is 7.60. The molecule has 0 aliphatic heterocycles. The van der Waals surface area contributed by atoms with Crippen molar-refractivity contribution in [2.75, 3.05) is 25.7 Å². The van der Waals surface area contributed by atoms with Crippen molar-refractivity contribution in [2.45, 2.75) is 110 Å². The van der Waals surface area contributed by atoms with Gasteiger partial charge in [0.2, 0.25) is 0 Å². The van der Waals surface area contributed by atoms with Gasteiger partial charge in [-0.3, -0.25) is 4.79 Å². The Kier molecular flexibility index (Phi) is 22.5. The van der Waals surface area contributed by atoms with Crippen LogP contribution >= 0.6 is 11.6 Å². The Morgan fingerprint density at radius 2 is 1.12 bits per heavy atom. The number of hydrogen-bond donors (Lipinski definition) is 0. The van der Waals surface area contributed by atoms with Crippen LogP contribution in [-0.2, 0) is 14.3 Å². The summed E-state index contributed by atoms with van der Waals surface area (Å²) < 4.78 is 10.3. The van der Waals surface area contributed by atoms with Gasteiger partial charge in [0.05, 0.1) is 13.2 Å². The zero-order valence-corrected chi connectivity index (χ0v) is 18.0. The first-order valence-electron chi connectivity index (χ1n) is 11.1. The highest BCUT2D eigenvalue weighted by atomic mass is 35.5. The van der Waals surface area contributed by atoms with Gasteiger partial charge in [-0.25, -0.2) is 0 Å². The van der Waals surface area contributed by atoms with Crippen molar-refractivity contribution in [3.05, 3.63) is 0 Å². The monoisotopic (exact) mass is 390 g/mol. The lowest BCUT2D eigenvalue weighted by atomic mass is 10.0. The van der Waals surface area contributed by atoms with Crippen molar-refractivity contribution in [3.63, 3.8) is 0 Å². The van der Waals surface area contributed by atoms with Crippen LogP contribution < -0.4 is 0 Å². The van der Waals surface area contributed by atoms with E-state index in [1.54, 1.807) is 0 Å². The Morgan fingerprint density at radius 3 is 1.58 bits per heavy atom. The fourth-order valence-electron chi connectivity index (χ4n) is 3.08. The fraction of sp³-hybridized carbons (Fsp3) is 0.955. The molecule has 0 saturated heterocycles. The predicted molar refractivity (Wildman–Crippen MR) is 112 cm³/mol. The zero-order valence-electron chi connectivity index (χ0n) is 17.2. The van der Waals surface area contributed by atoms with E-state index in [9.17, 15) is 4.79 Å². The maximum atomic E-state index is 11.5. The number of carbonyl (C=O) groups is 1. The van der Waals surface area contributed by atoms with Crippen LogP contribution in [0.25, 0.3) is 0 Å². The summed E-state index contributed by atoms with van der Waals surface area (Å²) in [6.45, 7) is 3.57. The molecule has 0 aliphatic rings. The second-order valence-electron chi connectivity index (χ2n) is 7.22. The predicted octanol–water partition coefficient (Wildman–Crippen LogP) is 7.05. The van der Waals surface area contributed by atoms with Gasteiger partial charge in [-0.15, -0.1) is 11.6 Å². The van der Waals surface area contributed by atoms with Gasteiger partial charge in [0, 0.05) is 12.3 Å². The maximum absolute atomic E-state index is 11.5. The molecule has 0 aromatic carbocycles. The molecule has 0 unspecified atom stereocenters. The van der Waals surface area contributed by atoms with Crippen LogP contribution in [0.15, 0.2) is 0 Å². The van der Waals surface area contributed by atoms with Crippen LogP contribution in [0.1, 0.15) is 110 Å². The summed E-state index contributed by atoms with van der Waals surface area (Å²) in [6, 6.07) is 0. The molecule has 0 bridgehead atoms. The average molecular weight is 391 g/mol. The van der Waals surface area contributed by atoms with Gasteiger partial charge in [0.25, 0.3) is 0 Å². The minimum absolute atomic E-state index is 0.103. The van der Waals surface area contributed by atoms with E-state index in [-0.39, 0.29) is 5.97 Å². The Bertz CT molecular complexity index is 285. The SMILES string of the molecule is CCCCCCCCCCCCCCCCCC(=O)OCCOCCCl. The first kappa shape index (κ1) is 25.7. The molecule has 0 aromatic heterocycles. The van der Waals surface area contributed by atoms with Gasteiger partial charge in [-0.2, -0.15) is 0 Å². The standard InChI is InChI=1S/C22H43ClO3/c1-2-3-4-5-6-7-8-9-10-11-12-13-14-15-16-17-22(24)26-21-20-25-19-18-23/h2-21H2,1H3. The van der Waals surface area contributed by atoms with Gasteiger partial charge >= 0.3 is 5.97 Å². The summed E-state index contributed by atoms with van der Waals surface area (Å²) in [5.41, 5.74) is 0. The van der Waals surface area contributed by atoms with Crippen molar-refractivity contribution in [2.24, 2.45) is 0 Å². The van der Waals surface area contributed by atoms with Crippen LogP contribution in [0.5, 0.6) is 0 Å². The summed E-state index contributed by atoms with van der Waals surface area (Å²) in [6.07, 6.45) is 20.6. The van der Waals surface area contributed by atoms with E-state index in [0.29, 0.717) is 32.1 Å². The Hall–Kier alpha value is -0.280. The first-order valence-corrected chi connectivity index (χ1v) is 11.6. The normalized spacial score (nSPS) is 11.0. The third-order valence-electron chi connectivity index (χ3n) is 4.70.